The van der Waals surface area contributed by atoms with E-state index in [0.717, 1.165) is 10.4 Å². The van der Waals surface area contributed by atoms with Crippen LogP contribution in [0.4, 0.5) is 15.5 Å². The molecule has 54 heavy (non-hydrogen) atoms. The number of carbonyl (C=O) groups is 5. The molecule has 2 heterocycles. The second kappa shape index (κ2) is 18.0. The Balaban J connectivity index is 1.28. The van der Waals surface area contributed by atoms with Crippen molar-refractivity contribution in [2.24, 2.45) is 0 Å². The number of hydrogen-bond acceptors (Lipinski definition) is 9. The average Bonchev–Trinajstić information content (AvgIpc) is 3.48. The van der Waals surface area contributed by atoms with E-state index in [9.17, 15) is 24.0 Å². The van der Waals surface area contributed by atoms with Gasteiger partial charge in [-0.25, -0.2) is 9.59 Å². The first-order valence-electron chi connectivity index (χ1n) is 16.9. The van der Waals surface area contributed by atoms with Gasteiger partial charge in [0.25, 0.3) is 11.8 Å². The lowest BCUT2D eigenvalue weighted by Crippen LogP contribution is -2.39. The molecule has 4 amide bonds. The Labute approximate surface area is 331 Å². The number of hydrogen-bond donors (Lipinski definition) is 3. The summed E-state index contributed by atoms with van der Waals surface area (Å²) in [6.45, 7) is 7.85. The number of halogens is 2. The van der Waals surface area contributed by atoms with Crippen molar-refractivity contribution in [1.82, 2.24) is 10.2 Å². The molecule has 0 atom stereocenters. The minimum absolute atomic E-state index is 0.0183. The van der Waals surface area contributed by atoms with Gasteiger partial charge in [0, 0.05) is 43.2 Å². The molecule has 1 aliphatic heterocycles. The highest BCUT2D eigenvalue weighted by Gasteiger charge is 2.33. The van der Waals surface area contributed by atoms with E-state index in [0.29, 0.717) is 55.3 Å². The van der Waals surface area contributed by atoms with Crippen LogP contribution in [0.2, 0.25) is 10.0 Å². The van der Waals surface area contributed by atoms with Crippen LogP contribution in [0.25, 0.3) is 6.08 Å². The minimum atomic E-state index is -0.656. The quantitative estimate of drug-likeness (QED) is 0.0777. The normalized spacial score (nSPS) is 12.7. The van der Waals surface area contributed by atoms with Gasteiger partial charge in [-0.3, -0.25) is 14.4 Å². The van der Waals surface area contributed by atoms with Gasteiger partial charge in [-0.15, -0.1) is 23.1 Å². The maximum absolute atomic E-state index is 13.6. The van der Waals surface area contributed by atoms with Gasteiger partial charge >= 0.3 is 12.1 Å². The van der Waals surface area contributed by atoms with Crippen molar-refractivity contribution in [3.05, 3.63) is 116 Å². The second-order valence-corrected chi connectivity index (χ2v) is 15.9. The molecule has 15 heteroatoms. The monoisotopic (exact) mass is 808 g/mol. The van der Waals surface area contributed by atoms with Gasteiger partial charge in [-0.1, -0.05) is 53.5 Å². The van der Waals surface area contributed by atoms with Gasteiger partial charge in [0.2, 0.25) is 5.91 Å². The van der Waals surface area contributed by atoms with E-state index < -0.39 is 29.5 Å². The predicted octanol–water partition coefficient (Wildman–Crippen LogP) is 8.67. The predicted molar refractivity (Wildman–Crippen MR) is 213 cm³/mol. The zero-order chi connectivity index (χ0) is 39.0. The van der Waals surface area contributed by atoms with Crippen LogP contribution < -0.4 is 16.0 Å². The molecule has 0 unspecified atom stereocenters. The van der Waals surface area contributed by atoms with Crippen molar-refractivity contribution in [3.63, 3.8) is 0 Å². The van der Waals surface area contributed by atoms with Gasteiger partial charge in [0.1, 0.15) is 16.3 Å². The number of thiophene rings is 1. The molecule has 3 aromatic carbocycles. The Kier molecular flexibility index (Phi) is 13.5. The van der Waals surface area contributed by atoms with Gasteiger partial charge in [0.15, 0.2) is 0 Å². The molecule has 5 rings (SSSR count). The van der Waals surface area contributed by atoms with Crippen LogP contribution in [-0.4, -0.2) is 59.2 Å². The Morgan fingerprint density at radius 2 is 1.65 bits per heavy atom. The maximum Gasteiger partial charge on any atom is 0.410 e. The Bertz CT molecular complexity index is 2080. The average molecular weight is 810 g/mol. The Hall–Kier alpha value is -4.82. The molecule has 0 fully saturated rings. The van der Waals surface area contributed by atoms with Crippen molar-refractivity contribution in [2.45, 2.75) is 51.2 Å². The number of esters is 1. The number of fused-ring (bicyclic) bond motifs is 1. The summed E-state index contributed by atoms with van der Waals surface area (Å²) in [6, 6.07) is 20.2. The molecule has 11 nitrogen and oxygen atoms in total. The standard InChI is InChI=1S/C39H38Cl2N4O7S2/c1-5-51-37(49)33-26-17-18-45(38(50)52-39(2,3)4)21-31(26)54-36(33)44-32(46)22-53-25-14-9-13-24(19-25)42-35(48)30(20-27-28(40)15-10-16-29(27)41)43-34(47)23-11-7-6-8-12-23/h6-16,19-20H,5,17-18,21-22H2,1-4H3,(H,42,48)(H,43,47)(H,44,46)/b30-20+. The SMILES string of the molecule is CCOC(=O)c1c(NC(=O)CSc2cccc(NC(=O)/C(=C\c3c(Cl)cccc3Cl)NC(=O)c3ccccc3)c2)sc2c1CCN(C(=O)OC(C)(C)C)C2. The highest BCUT2D eigenvalue weighted by Crippen LogP contribution is 2.38. The van der Waals surface area contributed by atoms with E-state index in [-0.39, 0.29) is 30.5 Å². The summed E-state index contributed by atoms with van der Waals surface area (Å²) in [6.07, 6.45) is 1.36. The molecule has 1 aliphatic rings. The van der Waals surface area contributed by atoms with Crippen LogP contribution in [0, 0.1) is 0 Å². The molecule has 0 spiro atoms. The molecule has 0 aliphatic carbocycles. The van der Waals surface area contributed by atoms with E-state index in [1.807, 2.05) is 0 Å². The van der Waals surface area contributed by atoms with Crippen LogP contribution >= 0.6 is 46.3 Å². The zero-order valence-corrected chi connectivity index (χ0v) is 33.1. The van der Waals surface area contributed by atoms with Gasteiger partial charge < -0.3 is 30.3 Å². The molecule has 0 radical (unpaired) electrons. The third-order valence-corrected chi connectivity index (χ3v) is 10.5. The van der Waals surface area contributed by atoms with Crippen molar-refractivity contribution < 1.29 is 33.4 Å². The molecule has 3 N–H and O–H groups in total. The van der Waals surface area contributed by atoms with E-state index in [1.54, 1.807) is 105 Å². The van der Waals surface area contributed by atoms with Crippen LogP contribution in [0.3, 0.4) is 0 Å². The maximum atomic E-state index is 13.6. The number of carbonyl (C=O) groups excluding carboxylic acids is 5. The number of ether oxygens (including phenoxy) is 2. The third-order valence-electron chi connectivity index (χ3n) is 7.72. The van der Waals surface area contributed by atoms with E-state index in [1.165, 1.54) is 29.2 Å². The molecular formula is C39H38Cl2N4O7S2. The number of benzene rings is 3. The molecule has 282 valence electrons. The molecule has 0 bridgehead atoms. The topological polar surface area (TPSA) is 143 Å². The summed E-state index contributed by atoms with van der Waals surface area (Å²) < 4.78 is 10.9. The van der Waals surface area contributed by atoms with Gasteiger partial charge in [0.05, 0.1) is 24.5 Å². The summed E-state index contributed by atoms with van der Waals surface area (Å²) in [5.74, 6) is -2.07. The fourth-order valence-electron chi connectivity index (χ4n) is 5.30. The number of nitrogens with zero attached hydrogens (tertiary/aromatic N) is 1. The second-order valence-electron chi connectivity index (χ2n) is 12.9. The highest BCUT2D eigenvalue weighted by atomic mass is 35.5. The fraction of sp³-hybridized carbons (Fsp3) is 0.256. The van der Waals surface area contributed by atoms with Crippen LogP contribution in [0.15, 0.2) is 83.4 Å². The van der Waals surface area contributed by atoms with E-state index in [2.05, 4.69) is 16.0 Å². The first-order valence-corrected chi connectivity index (χ1v) is 19.4. The smallest absolute Gasteiger partial charge is 0.410 e. The van der Waals surface area contributed by atoms with Gasteiger partial charge in [-0.2, -0.15) is 0 Å². The molecule has 4 aromatic rings. The Morgan fingerprint density at radius 1 is 0.944 bits per heavy atom. The molecule has 0 saturated heterocycles. The largest absolute Gasteiger partial charge is 0.462 e. The molecule has 0 saturated carbocycles. The van der Waals surface area contributed by atoms with Crippen LogP contribution in [0.1, 0.15) is 64.4 Å². The summed E-state index contributed by atoms with van der Waals surface area (Å²) in [7, 11) is 0. The zero-order valence-electron chi connectivity index (χ0n) is 29.9. The Morgan fingerprint density at radius 3 is 2.33 bits per heavy atom. The summed E-state index contributed by atoms with van der Waals surface area (Å²) in [4.78, 5) is 68.7. The van der Waals surface area contributed by atoms with Crippen molar-refractivity contribution in [3.8, 4) is 0 Å². The summed E-state index contributed by atoms with van der Waals surface area (Å²) >= 11 is 15.2. The molecule has 1 aromatic heterocycles. The number of anilines is 2. The summed E-state index contributed by atoms with van der Waals surface area (Å²) in [5, 5.41) is 9.27. The van der Waals surface area contributed by atoms with Crippen LogP contribution in [-0.2, 0) is 32.0 Å². The van der Waals surface area contributed by atoms with Crippen molar-refractivity contribution >= 4 is 92.8 Å². The van der Waals surface area contributed by atoms with Crippen molar-refractivity contribution in [1.29, 1.82) is 0 Å². The number of amides is 4. The first kappa shape index (κ1) is 40.4. The van der Waals surface area contributed by atoms with E-state index >= 15 is 0 Å². The fourth-order valence-corrected chi connectivity index (χ4v) is 7.83. The molecular weight excluding hydrogens is 771 g/mol. The van der Waals surface area contributed by atoms with E-state index in [4.69, 9.17) is 32.7 Å². The lowest BCUT2D eigenvalue weighted by atomic mass is 10.0. The number of nitrogens with one attached hydrogen (secondary N) is 3. The first-order chi connectivity index (χ1) is 25.7. The minimum Gasteiger partial charge on any atom is -0.462 e. The summed E-state index contributed by atoms with van der Waals surface area (Å²) in [5.41, 5.74) is 1.39. The van der Waals surface area contributed by atoms with Crippen LogP contribution in [0.5, 0.6) is 0 Å². The third kappa shape index (κ3) is 10.7. The highest BCUT2D eigenvalue weighted by molar-refractivity contribution is 8.00. The number of rotatable bonds is 11. The number of thioether (sulfide) groups is 1. The lowest BCUT2D eigenvalue weighted by Gasteiger charge is -2.30. The van der Waals surface area contributed by atoms with Crippen molar-refractivity contribution in [2.75, 3.05) is 29.5 Å². The lowest BCUT2D eigenvalue weighted by molar-refractivity contribution is -0.114. The van der Waals surface area contributed by atoms with Gasteiger partial charge in [-0.05, 0) is 88.2 Å².